The van der Waals surface area contributed by atoms with Crippen molar-refractivity contribution < 1.29 is 9.53 Å². The first-order valence-electron chi connectivity index (χ1n) is 7.08. The molecular formula is C17H13ClIN3O2. The molecule has 0 bridgehead atoms. The first-order valence-corrected chi connectivity index (χ1v) is 8.54. The maximum absolute atomic E-state index is 12.3. The molecule has 1 aromatic heterocycles. The minimum Gasteiger partial charge on any atom is -0.471 e. The number of nitrogens with one attached hydrogen (secondary N) is 1. The summed E-state index contributed by atoms with van der Waals surface area (Å²) in [5.74, 6) is 0.484. The minimum absolute atomic E-state index is 0.171. The Hall–Kier alpha value is -2.06. The van der Waals surface area contributed by atoms with E-state index in [4.69, 9.17) is 16.3 Å². The summed E-state index contributed by atoms with van der Waals surface area (Å²) in [6.45, 7) is 0.221. The number of ether oxygens (including phenoxy) is 1. The molecule has 0 unspecified atom stereocenters. The zero-order valence-corrected chi connectivity index (χ0v) is 15.4. The van der Waals surface area contributed by atoms with E-state index in [0.29, 0.717) is 22.0 Å². The largest absolute Gasteiger partial charge is 0.471 e. The molecule has 0 aliphatic heterocycles. The molecule has 0 spiro atoms. The number of anilines is 1. The number of nitrogens with zero attached hydrogens (tertiary/aromatic N) is 2. The molecule has 0 radical (unpaired) electrons. The Balaban J connectivity index is 1.61. The lowest BCUT2D eigenvalue weighted by molar-refractivity contribution is 0.102. The van der Waals surface area contributed by atoms with Crippen molar-refractivity contribution in [3.63, 3.8) is 0 Å². The molecule has 122 valence electrons. The van der Waals surface area contributed by atoms with E-state index in [1.165, 1.54) is 0 Å². The monoisotopic (exact) mass is 453 g/mol. The summed E-state index contributed by atoms with van der Waals surface area (Å²) in [5.41, 5.74) is 1.23. The molecule has 0 aliphatic carbocycles. The van der Waals surface area contributed by atoms with Crippen LogP contribution in [0.5, 0.6) is 5.75 Å². The highest BCUT2D eigenvalue weighted by molar-refractivity contribution is 14.1. The smallest absolute Gasteiger partial charge is 0.256 e. The summed E-state index contributed by atoms with van der Waals surface area (Å²) in [6, 6.07) is 14.5. The SMILES string of the molecule is O=C(Nc1cnn(COc2cccc(Cl)c2)c1)c1ccccc1I. The molecule has 1 heterocycles. The van der Waals surface area contributed by atoms with Crippen LogP contribution < -0.4 is 10.1 Å². The predicted molar refractivity (Wildman–Crippen MR) is 101 cm³/mol. The van der Waals surface area contributed by atoms with Crippen molar-refractivity contribution in [3.8, 4) is 5.75 Å². The van der Waals surface area contributed by atoms with E-state index >= 15 is 0 Å². The summed E-state index contributed by atoms with van der Waals surface area (Å²) in [5, 5.41) is 7.60. The van der Waals surface area contributed by atoms with Crippen LogP contribution >= 0.6 is 34.2 Å². The van der Waals surface area contributed by atoms with Crippen molar-refractivity contribution in [2.45, 2.75) is 6.73 Å². The third-order valence-corrected chi connectivity index (χ3v) is 4.34. The molecule has 0 saturated heterocycles. The zero-order valence-electron chi connectivity index (χ0n) is 12.4. The maximum atomic E-state index is 12.3. The van der Waals surface area contributed by atoms with Crippen LogP contribution in [-0.2, 0) is 6.73 Å². The van der Waals surface area contributed by atoms with Gasteiger partial charge in [0, 0.05) is 8.59 Å². The van der Waals surface area contributed by atoms with Crippen LogP contribution in [-0.4, -0.2) is 15.7 Å². The standard InChI is InChI=1S/C17H13ClIN3O2/c18-12-4-3-5-14(8-12)24-11-22-10-13(9-20-22)21-17(23)15-6-1-2-7-16(15)19/h1-10H,11H2,(H,21,23). The predicted octanol–water partition coefficient (Wildman–Crippen LogP) is 4.43. The van der Waals surface area contributed by atoms with Crippen molar-refractivity contribution in [1.29, 1.82) is 0 Å². The summed E-state index contributed by atoms with van der Waals surface area (Å²) >= 11 is 8.04. The molecule has 2 aromatic carbocycles. The third kappa shape index (κ3) is 4.27. The lowest BCUT2D eigenvalue weighted by Gasteiger charge is -2.06. The minimum atomic E-state index is -0.171. The second kappa shape index (κ2) is 7.67. The van der Waals surface area contributed by atoms with Crippen molar-refractivity contribution in [1.82, 2.24) is 9.78 Å². The number of hydrogen-bond donors (Lipinski definition) is 1. The van der Waals surface area contributed by atoms with Gasteiger partial charge in [-0.1, -0.05) is 29.8 Å². The van der Waals surface area contributed by atoms with Crippen molar-refractivity contribution in [2.75, 3.05) is 5.32 Å². The number of carbonyl (C=O) groups is 1. The average Bonchev–Trinajstić information content (AvgIpc) is 3.01. The van der Waals surface area contributed by atoms with E-state index in [9.17, 15) is 4.79 Å². The Labute approximate surface area is 157 Å². The molecule has 0 aliphatic rings. The first kappa shape index (κ1) is 16.8. The van der Waals surface area contributed by atoms with E-state index < -0.39 is 0 Å². The van der Waals surface area contributed by atoms with E-state index in [1.807, 2.05) is 30.3 Å². The second-order valence-electron chi connectivity index (χ2n) is 4.93. The second-order valence-corrected chi connectivity index (χ2v) is 6.53. The van der Waals surface area contributed by atoms with Gasteiger partial charge in [0.05, 0.1) is 23.6 Å². The number of aromatic nitrogens is 2. The Bertz CT molecular complexity index is 866. The molecule has 1 amide bonds. The van der Waals surface area contributed by atoms with E-state index in [1.54, 1.807) is 35.3 Å². The fourth-order valence-corrected chi connectivity index (χ4v) is 2.85. The van der Waals surface area contributed by atoms with Crippen molar-refractivity contribution in [2.24, 2.45) is 0 Å². The first-order chi connectivity index (χ1) is 11.6. The van der Waals surface area contributed by atoms with E-state index in [-0.39, 0.29) is 12.6 Å². The summed E-state index contributed by atoms with van der Waals surface area (Å²) < 4.78 is 8.08. The summed E-state index contributed by atoms with van der Waals surface area (Å²) in [7, 11) is 0. The maximum Gasteiger partial charge on any atom is 0.256 e. The van der Waals surface area contributed by atoms with Crippen LogP contribution in [0.15, 0.2) is 60.9 Å². The Kier molecular flexibility index (Phi) is 5.37. The summed E-state index contributed by atoms with van der Waals surface area (Å²) in [6.07, 6.45) is 3.29. The number of hydrogen-bond acceptors (Lipinski definition) is 3. The van der Waals surface area contributed by atoms with E-state index in [0.717, 1.165) is 3.57 Å². The molecular weight excluding hydrogens is 441 g/mol. The Morgan fingerprint density at radius 3 is 2.88 bits per heavy atom. The van der Waals surface area contributed by atoms with Gasteiger partial charge in [-0.05, 0) is 52.9 Å². The van der Waals surface area contributed by atoms with E-state index in [2.05, 4.69) is 33.0 Å². The van der Waals surface area contributed by atoms with Crippen LogP contribution in [0.2, 0.25) is 5.02 Å². The highest BCUT2D eigenvalue weighted by Gasteiger charge is 2.10. The number of rotatable bonds is 5. The van der Waals surface area contributed by atoms with Crippen LogP contribution in [0, 0.1) is 3.57 Å². The van der Waals surface area contributed by atoms with Gasteiger partial charge in [-0.3, -0.25) is 4.79 Å². The number of amides is 1. The molecule has 7 heteroatoms. The third-order valence-electron chi connectivity index (χ3n) is 3.17. The number of benzene rings is 2. The molecule has 1 N–H and O–H groups in total. The highest BCUT2D eigenvalue weighted by atomic mass is 127. The average molecular weight is 454 g/mol. The Morgan fingerprint density at radius 1 is 1.25 bits per heavy atom. The fourth-order valence-electron chi connectivity index (χ4n) is 2.04. The fraction of sp³-hybridized carbons (Fsp3) is 0.0588. The van der Waals surface area contributed by atoms with Crippen molar-refractivity contribution in [3.05, 3.63) is 75.1 Å². The summed E-state index contributed by atoms with van der Waals surface area (Å²) in [4.78, 5) is 12.3. The molecule has 0 fully saturated rings. The van der Waals surface area contributed by atoms with Gasteiger partial charge in [0.2, 0.25) is 0 Å². The topological polar surface area (TPSA) is 56.2 Å². The van der Waals surface area contributed by atoms with Crippen LogP contribution in [0.25, 0.3) is 0 Å². The Morgan fingerprint density at radius 2 is 2.08 bits per heavy atom. The molecule has 3 rings (SSSR count). The van der Waals surface area contributed by atoms with Gasteiger partial charge in [-0.2, -0.15) is 5.10 Å². The molecule has 0 saturated carbocycles. The number of carbonyl (C=O) groups excluding carboxylic acids is 1. The van der Waals surface area contributed by atoms with Crippen LogP contribution in [0.1, 0.15) is 10.4 Å². The normalized spacial score (nSPS) is 10.4. The molecule has 5 nitrogen and oxygen atoms in total. The zero-order chi connectivity index (χ0) is 16.9. The molecule has 24 heavy (non-hydrogen) atoms. The number of halogens is 2. The van der Waals surface area contributed by atoms with Gasteiger partial charge in [0.1, 0.15) is 5.75 Å². The van der Waals surface area contributed by atoms with Crippen molar-refractivity contribution >= 4 is 45.8 Å². The quantitative estimate of drug-likeness (QED) is 0.582. The van der Waals surface area contributed by atoms with Gasteiger partial charge in [-0.25, -0.2) is 4.68 Å². The van der Waals surface area contributed by atoms with Gasteiger partial charge in [0.25, 0.3) is 5.91 Å². The molecule has 0 atom stereocenters. The molecule has 3 aromatic rings. The van der Waals surface area contributed by atoms with Crippen LogP contribution in [0.4, 0.5) is 5.69 Å². The highest BCUT2D eigenvalue weighted by Crippen LogP contribution is 2.18. The van der Waals surface area contributed by atoms with Gasteiger partial charge in [-0.15, -0.1) is 0 Å². The van der Waals surface area contributed by atoms with Gasteiger partial charge in [0.15, 0.2) is 6.73 Å². The van der Waals surface area contributed by atoms with Gasteiger partial charge >= 0.3 is 0 Å². The van der Waals surface area contributed by atoms with Crippen LogP contribution in [0.3, 0.4) is 0 Å². The van der Waals surface area contributed by atoms with Gasteiger partial charge < -0.3 is 10.1 Å². The lowest BCUT2D eigenvalue weighted by atomic mass is 10.2. The lowest BCUT2D eigenvalue weighted by Crippen LogP contribution is -2.13.